The minimum atomic E-state index is -0.0676. The van der Waals surface area contributed by atoms with Gasteiger partial charge in [-0.3, -0.25) is 0 Å². The van der Waals surface area contributed by atoms with Crippen molar-refractivity contribution >= 4 is 65.8 Å². The first-order valence-electron chi connectivity index (χ1n) is 37.4. The number of furan rings is 3. The molecule has 15 aromatic rings. The molecule has 9 aromatic carbocycles. The van der Waals surface area contributed by atoms with Gasteiger partial charge in [-0.1, -0.05) is 183 Å². The summed E-state index contributed by atoms with van der Waals surface area (Å²) in [4.78, 5) is 0. The molecule has 6 heteroatoms. The van der Waals surface area contributed by atoms with E-state index in [2.05, 4.69) is 332 Å². The van der Waals surface area contributed by atoms with Gasteiger partial charge in [-0.15, -0.1) is 0 Å². The van der Waals surface area contributed by atoms with E-state index in [0.29, 0.717) is 0 Å². The van der Waals surface area contributed by atoms with Crippen LogP contribution in [0.25, 0.3) is 133 Å². The molecule has 103 heavy (non-hydrogen) atoms. The van der Waals surface area contributed by atoms with Gasteiger partial charge in [0.05, 0.1) is 16.7 Å². The van der Waals surface area contributed by atoms with Crippen LogP contribution in [0, 0.1) is 52.4 Å². The van der Waals surface area contributed by atoms with Crippen LogP contribution in [0.5, 0.6) is 0 Å². The maximum absolute atomic E-state index is 6.87. The van der Waals surface area contributed by atoms with E-state index < -0.39 is 0 Å². The zero-order valence-electron chi connectivity index (χ0n) is 63.4. The van der Waals surface area contributed by atoms with Crippen molar-refractivity contribution in [3.8, 4) is 67.2 Å². The Balaban J connectivity index is 0.000000115. The molecular weight excluding hydrogens is 1260 g/mol. The number of aromatic nitrogens is 3. The van der Waals surface area contributed by atoms with Crippen molar-refractivity contribution in [2.75, 3.05) is 0 Å². The van der Waals surface area contributed by atoms with Crippen molar-refractivity contribution in [2.24, 2.45) is 32.0 Å². The summed E-state index contributed by atoms with van der Waals surface area (Å²) in [6, 6.07) is 67.7. The fraction of sp³-hybridized carbons (Fsp3) is 0.289. The third kappa shape index (κ3) is 10.4. The van der Waals surface area contributed by atoms with Crippen molar-refractivity contribution in [1.82, 2.24) is 0 Å². The van der Waals surface area contributed by atoms with Gasteiger partial charge in [0.2, 0.25) is 17.1 Å². The molecule has 0 saturated heterocycles. The summed E-state index contributed by atoms with van der Waals surface area (Å²) in [6.07, 6.45) is 13.8. The van der Waals surface area contributed by atoms with Gasteiger partial charge < -0.3 is 13.3 Å². The molecule has 6 aromatic heterocycles. The molecule has 0 amide bonds. The molecule has 1 fully saturated rings. The van der Waals surface area contributed by atoms with Gasteiger partial charge in [-0.25, -0.2) is 13.7 Å². The van der Waals surface area contributed by atoms with E-state index in [4.69, 9.17) is 13.3 Å². The van der Waals surface area contributed by atoms with Gasteiger partial charge in [0, 0.05) is 83.5 Å². The molecule has 514 valence electrons. The first-order valence-corrected chi connectivity index (χ1v) is 37.4. The molecule has 19 rings (SSSR count). The van der Waals surface area contributed by atoms with Crippen LogP contribution in [0.1, 0.15) is 161 Å². The van der Waals surface area contributed by atoms with Crippen LogP contribution in [-0.4, -0.2) is 0 Å². The SMILES string of the molecule is Cc1ccc(-c2c(C)ccc3c2oc2cc4c(cc23)-c2ccccc2C4(CC(C)(C)C)CC(C)(C)C)[n+](C)c1.Cc1ccc(-c2c(C)ccc3c2oc2cc4c(cc23)-c2ccccc2C42CCCC2)[n+](C)c1.Cc1ccc(-c2c(C)ccc3c2oc2ccc4c(c23)C(C)(C)c2ccccc2-4)[n+](C)c1. The number of aryl methyl sites for hydroxylation is 9. The van der Waals surface area contributed by atoms with E-state index in [1.165, 1.54) is 192 Å². The topological polar surface area (TPSA) is 51.1 Å². The van der Waals surface area contributed by atoms with Gasteiger partial charge >= 0.3 is 0 Å². The normalized spacial score (nSPS) is 15.0. The third-order valence-corrected chi connectivity index (χ3v) is 23.7. The highest BCUT2D eigenvalue weighted by atomic mass is 16.3. The van der Waals surface area contributed by atoms with Crippen LogP contribution in [0.2, 0.25) is 0 Å². The highest BCUT2D eigenvalue weighted by Gasteiger charge is 2.49. The minimum Gasteiger partial charge on any atom is -0.455 e. The van der Waals surface area contributed by atoms with E-state index in [1.807, 2.05) is 0 Å². The molecular formula is C97H96N3O3+3. The maximum Gasteiger partial charge on any atom is 0.216 e. The number of hydrogen-bond donors (Lipinski definition) is 0. The van der Waals surface area contributed by atoms with Gasteiger partial charge in [-0.2, -0.15) is 0 Å². The summed E-state index contributed by atoms with van der Waals surface area (Å²) in [5, 5.41) is 7.29. The molecule has 6 nitrogen and oxygen atoms in total. The minimum absolute atomic E-state index is 0.0578. The fourth-order valence-corrected chi connectivity index (χ4v) is 19.8. The highest BCUT2D eigenvalue weighted by Crippen LogP contribution is 2.61. The zero-order valence-corrected chi connectivity index (χ0v) is 63.4. The molecule has 0 aliphatic heterocycles. The molecule has 6 heterocycles. The van der Waals surface area contributed by atoms with Crippen molar-refractivity contribution < 1.29 is 27.0 Å². The van der Waals surface area contributed by atoms with Gasteiger partial charge in [0.15, 0.2) is 18.6 Å². The lowest BCUT2D eigenvalue weighted by molar-refractivity contribution is -0.660. The van der Waals surface area contributed by atoms with Crippen molar-refractivity contribution in [3.63, 3.8) is 0 Å². The van der Waals surface area contributed by atoms with E-state index >= 15 is 0 Å². The Hall–Kier alpha value is -10.2. The Labute approximate surface area is 607 Å². The average molecular weight is 1350 g/mol. The Bertz CT molecular complexity index is 6040. The van der Waals surface area contributed by atoms with E-state index in [9.17, 15) is 0 Å². The lowest BCUT2D eigenvalue weighted by atomic mass is 9.62. The molecule has 0 radical (unpaired) electrons. The number of fused-ring (bicyclic) bond motifs is 21. The lowest BCUT2D eigenvalue weighted by Gasteiger charge is -2.42. The summed E-state index contributed by atoms with van der Waals surface area (Å²) in [5.74, 6) is 0. The average Bonchev–Trinajstić information content (AvgIpc) is 1.56. The predicted molar refractivity (Wildman–Crippen MR) is 426 cm³/mol. The summed E-state index contributed by atoms with van der Waals surface area (Å²) in [7, 11) is 6.36. The van der Waals surface area contributed by atoms with E-state index in [1.54, 1.807) is 0 Å². The van der Waals surface area contributed by atoms with Gasteiger partial charge in [0.25, 0.3) is 0 Å². The highest BCUT2D eigenvalue weighted by molar-refractivity contribution is 6.16. The van der Waals surface area contributed by atoms with Crippen LogP contribution in [0.15, 0.2) is 214 Å². The summed E-state index contributed by atoms with van der Waals surface area (Å²) in [6.45, 7) is 31.9. The van der Waals surface area contributed by atoms with Crippen LogP contribution in [0.4, 0.5) is 0 Å². The molecule has 4 aliphatic carbocycles. The van der Waals surface area contributed by atoms with E-state index in [-0.39, 0.29) is 27.1 Å². The van der Waals surface area contributed by atoms with E-state index in [0.717, 1.165) is 46.3 Å². The van der Waals surface area contributed by atoms with Crippen LogP contribution < -0.4 is 13.7 Å². The smallest absolute Gasteiger partial charge is 0.216 e. The van der Waals surface area contributed by atoms with Crippen molar-refractivity contribution in [2.45, 2.75) is 152 Å². The van der Waals surface area contributed by atoms with Crippen LogP contribution in [-0.2, 0) is 37.4 Å². The third-order valence-electron chi connectivity index (χ3n) is 23.7. The summed E-state index contributed by atoms with van der Waals surface area (Å²) in [5.41, 5.74) is 37.8. The van der Waals surface area contributed by atoms with Crippen LogP contribution in [0.3, 0.4) is 0 Å². The summed E-state index contributed by atoms with van der Waals surface area (Å²) < 4.78 is 26.8. The number of benzene rings is 9. The molecule has 1 spiro atoms. The second-order valence-corrected chi connectivity index (χ2v) is 34.1. The van der Waals surface area contributed by atoms with Crippen LogP contribution >= 0.6 is 0 Å². The lowest BCUT2D eigenvalue weighted by Crippen LogP contribution is -2.35. The Kier molecular flexibility index (Phi) is 15.2. The molecule has 0 atom stereocenters. The molecule has 0 unspecified atom stereocenters. The monoisotopic (exact) mass is 1350 g/mol. The number of nitrogens with zero attached hydrogens (tertiary/aromatic N) is 3. The Morgan fingerprint density at radius 2 is 0.757 bits per heavy atom. The predicted octanol–water partition coefficient (Wildman–Crippen LogP) is 24.4. The van der Waals surface area contributed by atoms with Crippen molar-refractivity contribution in [1.29, 1.82) is 0 Å². The quantitative estimate of drug-likeness (QED) is 0.161. The largest absolute Gasteiger partial charge is 0.455 e. The first kappa shape index (κ1) is 66.1. The maximum atomic E-state index is 6.87. The molecule has 4 aliphatic rings. The Morgan fingerprint density at radius 3 is 1.23 bits per heavy atom. The standard InChI is InChI=1S/C37H42NO.C31H28NO.C29H26NO/c1-23-14-17-31(38(9)20-23)33-24(2)15-16-26-28-18-27-25-12-10-11-13-29(25)37(21-35(3,4)5,22-36(6,7)8)30(27)19-32(28)39-34(26)33;1-19-10-13-27(32(3)18-19)29-20(2)11-12-22-24-16-23-21-8-4-5-9-25(21)31(14-6-7-15-31)26(23)17-28(24)33-30(22)29;1-17-10-14-23(30(5)16-17)25-18(2)11-12-21-26-24(31-28(21)25)15-13-20-19-8-6-7-9-22(19)29(3,4)27(20)26/h10-20H,21-22H2,1-9H3;4-5,8-13,16-18H,6-7,14-15H2,1-3H3;6-16H,1-5H3/q3*+1. The zero-order chi connectivity index (χ0) is 71.7. The molecule has 1 saturated carbocycles. The number of hydrogen-bond acceptors (Lipinski definition) is 3. The first-order chi connectivity index (χ1) is 49.2. The fourth-order valence-electron chi connectivity index (χ4n) is 19.8. The second-order valence-electron chi connectivity index (χ2n) is 34.1. The summed E-state index contributed by atoms with van der Waals surface area (Å²) >= 11 is 0. The number of rotatable bonds is 5. The molecule has 0 bridgehead atoms. The second kappa shape index (κ2) is 23.7. The molecule has 0 N–H and O–H groups in total. The Morgan fingerprint density at radius 1 is 0.359 bits per heavy atom. The van der Waals surface area contributed by atoms with Gasteiger partial charge in [0.1, 0.15) is 54.6 Å². The van der Waals surface area contributed by atoms with Gasteiger partial charge in [-0.05, 0) is 210 Å². The van der Waals surface area contributed by atoms with Crippen molar-refractivity contribution in [3.05, 3.63) is 267 Å². The number of pyridine rings is 3.